The molecule has 4 nitrogen and oxygen atoms in total. The van der Waals surface area contributed by atoms with Gasteiger partial charge in [-0.1, -0.05) is 15.9 Å². The molecule has 6 heteroatoms. The molecule has 0 amide bonds. The van der Waals surface area contributed by atoms with Crippen LogP contribution in [0.15, 0.2) is 33.6 Å². The molecule has 0 bridgehead atoms. The second-order valence-corrected chi connectivity index (χ2v) is 8.08. The van der Waals surface area contributed by atoms with Crippen LogP contribution >= 0.6 is 15.9 Å². The van der Waals surface area contributed by atoms with E-state index in [4.69, 9.17) is 4.74 Å². The molecule has 0 aromatic heterocycles. The molecular formula is C14H20BrNO3S. The lowest BCUT2D eigenvalue weighted by Crippen LogP contribution is -2.52. The average molecular weight is 362 g/mol. The maximum atomic E-state index is 12.2. The Morgan fingerprint density at radius 1 is 1.20 bits per heavy atom. The Morgan fingerprint density at radius 3 is 2.15 bits per heavy atom. The van der Waals surface area contributed by atoms with Gasteiger partial charge >= 0.3 is 5.97 Å². The molecule has 0 aliphatic carbocycles. The normalized spacial score (nSPS) is 13.9. The van der Waals surface area contributed by atoms with E-state index in [1.807, 2.05) is 0 Å². The van der Waals surface area contributed by atoms with Crippen LogP contribution in [-0.2, 0) is 20.9 Å². The van der Waals surface area contributed by atoms with Crippen LogP contribution in [0.25, 0.3) is 0 Å². The van der Waals surface area contributed by atoms with Crippen molar-refractivity contribution < 1.29 is 14.1 Å². The van der Waals surface area contributed by atoms with Crippen LogP contribution in [-0.4, -0.2) is 21.7 Å². The van der Waals surface area contributed by atoms with Gasteiger partial charge in [0.05, 0.1) is 11.4 Å². The molecule has 1 N–H and O–H groups in total. The highest BCUT2D eigenvalue weighted by atomic mass is 79.9. The number of halogens is 1. The van der Waals surface area contributed by atoms with Crippen molar-refractivity contribution in [3.63, 3.8) is 0 Å². The van der Waals surface area contributed by atoms with Crippen molar-refractivity contribution in [1.82, 2.24) is 4.72 Å². The zero-order valence-electron chi connectivity index (χ0n) is 12.3. The Bertz CT molecular complexity index is 468. The summed E-state index contributed by atoms with van der Waals surface area (Å²) in [5, 5.41) is 0. The Balaban J connectivity index is 2.74. The maximum absolute atomic E-state index is 12.2. The molecule has 0 aliphatic rings. The molecule has 1 atom stereocenters. The summed E-state index contributed by atoms with van der Waals surface area (Å²) < 4.78 is 21.2. The molecule has 112 valence electrons. The SMILES string of the molecule is CC(C)(C)OC(=O)C(C)(C)N[S+]([O-])c1ccc(Br)cc1. The predicted molar refractivity (Wildman–Crippen MR) is 83.6 cm³/mol. The molecule has 1 rings (SSSR count). The van der Waals surface area contributed by atoms with Gasteiger partial charge in [-0.2, -0.15) is 0 Å². The molecule has 1 aromatic rings. The first kappa shape index (κ1) is 17.5. The van der Waals surface area contributed by atoms with Crippen LogP contribution in [0.2, 0.25) is 0 Å². The second-order valence-electron chi connectivity index (χ2n) is 5.95. The van der Waals surface area contributed by atoms with Crippen molar-refractivity contribution in [3.05, 3.63) is 28.7 Å². The summed E-state index contributed by atoms with van der Waals surface area (Å²) >= 11 is 1.84. The van der Waals surface area contributed by atoms with Crippen LogP contribution in [0.3, 0.4) is 0 Å². The summed E-state index contributed by atoms with van der Waals surface area (Å²) in [6.07, 6.45) is 0. The van der Waals surface area contributed by atoms with Crippen molar-refractivity contribution in [2.24, 2.45) is 0 Å². The molecule has 0 aliphatic heterocycles. The van der Waals surface area contributed by atoms with E-state index >= 15 is 0 Å². The van der Waals surface area contributed by atoms with Crippen LogP contribution in [0.1, 0.15) is 34.6 Å². The lowest BCUT2D eigenvalue weighted by atomic mass is 10.1. The number of nitrogens with one attached hydrogen (secondary N) is 1. The van der Waals surface area contributed by atoms with E-state index in [0.29, 0.717) is 4.90 Å². The highest BCUT2D eigenvalue weighted by Crippen LogP contribution is 2.19. The smallest absolute Gasteiger partial charge is 0.330 e. The van der Waals surface area contributed by atoms with Crippen LogP contribution in [0.5, 0.6) is 0 Å². The van der Waals surface area contributed by atoms with Gasteiger partial charge in [0.2, 0.25) is 0 Å². The third-order valence-corrected chi connectivity index (χ3v) is 4.21. The molecule has 0 fully saturated rings. The van der Waals surface area contributed by atoms with E-state index in [0.717, 1.165) is 4.47 Å². The molecular weight excluding hydrogens is 342 g/mol. The summed E-state index contributed by atoms with van der Waals surface area (Å²) in [6.45, 7) is 8.70. The summed E-state index contributed by atoms with van der Waals surface area (Å²) in [7, 11) is 0. The summed E-state index contributed by atoms with van der Waals surface area (Å²) in [5.41, 5.74) is -1.61. The number of benzene rings is 1. The standard InChI is InChI=1S/C14H20BrNO3S/c1-13(2,3)19-12(17)14(4,5)16-20(18)11-8-6-10(15)7-9-11/h6-9,16H,1-5H3. The number of carbonyl (C=O) groups is 1. The number of ether oxygens (including phenoxy) is 1. The number of hydrogen-bond acceptors (Lipinski definition) is 4. The molecule has 0 spiro atoms. The Morgan fingerprint density at radius 2 is 1.70 bits per heavy atom. The van der Waals surface area contributed by atoms with Gasteiger partial charge in [0.15, 0.2) is 10.4 Å². The van der Waals surface area contributed by atoms with E-state index in [1.165, 1.54) is 0 Å². The van der Waals surface area contributed by atoms with E-state index in [-0.39, 0.29) is 0 Å². The molecule has 0 saturated carbocycles. The molecule has 0 heterocycles. The van der Waals surface area contributed by atoms with Crippen LogP contribution < -0.4 is 4.72 Å². The topological polar surface area (TPSA) is 61.4 Å². The van der Waals surface area contributed by atoms with Crippen LogP contribution in [0.4, 0.5) is 0 Å². The minimum atomic E-state index is -1.48. The van der Waals surface area contributed by atoms with Gasteiger partial charge < -0.3 is 9.29 Å². The van der Waals surface area contributed by atoms with Gasteiger partial charge in [-0.15, -0.1) is 4.72 Å². The first-order valence-electron chi connectivity index (χ1n) is 6.20. The zero-order chi connectivity index (χ0) is 15.6. The summed E-state index contributed by atoms with van der Waals surface area (Å²) in [6, 6.07) is 7.07. The molecule has 1 aromatic carbocycles. The van der Waals surface area contributed by atoms with Gasteiger partial charge in [-0.05, 0) is 58.9 Å². The van der Waals surface area contributed by atoms with Crippen molar-refractivity contribution in [2.75, 3.05) is 0 Å². The van der Waals surface area contributed by atoms with Crippen molar-refractivity contribution in [1.29, 1.82) is 0 Å². The Hall–Kier alpha value is -0.560. The lowest BCUT2D eigenvalue weighted by Gasteiger charge is -2.28. The monoisotopic (exact) mass is 361 g/mol. The highest BCUT2D eigenvalue weighted by Gasteiger charge is 2.37. The number of esters is 1. The maximum Gasteiger partial charge on any atom is 0.330 e. The minimum Gasteiger partial charge on any atom is -0.593 e. The number of hydrogen-bond donors (Lipinski definition) is 1. The molecule has 1 unspecified atom stereocenters. The first-order valence-corrected chi connectivity index (χ1v) is 8.14. The summed E-state index contributed by atoms with van der Waals surface area (Å²) in [5.74, 6) is -0.435. The third-order valence-electron chi connectivity index (χ3n) is 2.28. The van der Waals surface area contributed by atoms with E-state index in [9.17, 15) is 9.35 Å². The highest BCUT2D eigenvalue weighted by molar-refractivity contribution is 9.10. The van der Waals surface area contributed by atoms with Gasteiger partial charge in [0, 0.05) is 4.47 Å². The molecule has 0 radical (unpaired) electrons. The molecule has 0 saturated heterocycles. The molecule has 20 heavy (non-hydrogen) atoms. The Labute approximate surface area is 131 Å². The van der Waals surface area contributed by atoms with E-state index < -0.39 is 28.5 Å². The van der Waals surface area contributed by atoms with Crippen molar-refractivity contribution in [3.8, 4) is 0 Å². The lowest BCUT2D eigenvalue weighted by molar-refractivity contribution is -0.160. The van der Waals surface area contributed by atoms with Crippen LogP contribution in [0, 0.1) is 0 Å². The van der Waals surface area contributed by atoms with Gasteiger partial charge in [-0.3, -0.25) is 0 Å². The fourth-order valence-corrected chi connectivity index (χ4v) is 2.61. The fourth-order valence-electron chi connectivity index (χ4n) is 1.30. The van der Waals surface area contributed by atoms with E-state index in [1.54, 1.807) is 58.9 Å². The minimum absolute atomic E-state index is 0.435. The first-order chi connectivity index (χ1) is 9.01. The van der Waals surface area contributed by atoms with E-state index in [2.05, 4.69) is 20.7 Å². The van der Waals surface area contributed by atoms with Gasteiger partial charge in [0.1, 0.15) is 5.60 Å². The Kier molecular flexibility index (Phi) is 5.66. The third kappa shape index (κ3) is 5.44. The van der Waals surface area contributed by atoms with Gasteiger partial charge in [-0.25, -0.2) is 4.79 Å². The zero-order valence-corrected chi connectivity index (χ0v) is 14.7. The van der Waals surface area contributed by atoms with Crippen molar-refractivity contribution >= 4 is 33.3 Å². The largest absolute Gasteiger partial charge is 0.593 e. The van der Waals surface area contributed by atoms with Crippen molar-refractivity contribution in [2.45, 2.75) is 50.7 Å². The fraction of sp³-hybridized carbons (Fsp3) is 0.500. The van der Waals surface area contributed by atoms with Gasteiger partial charge in [0.25, 0.3) is 0 Å². The quantitative estimate of drug-likeness (QED) is 0.660. The summed E-state index contributed by atoms with van der Waals surface area (Å²) in [4.78, 5) is 12.7. The average Bonchev–Trinajstić information content (AvgIpc) is 2.26. The second kappa shape index (κ2) is 6.47. The number of rotatable bonds is 4. The predicted octanol–water partition coefficient (Wildman–Crippen LogP) is 3.18. The number of carbonyl (C=O) groups excluding carboxylic acids is 1.